The molecule has 0 unspecified atom stereocenters. The fraction of sp³-hybridized carbons (Fsp3) is 0.111. The monoisotopic (exact) mass is 354 g/mol. The minimum atomic E-state index is -0.551. The van der Waals surface area contributed by atoms with Crippen molar-refractivity contribution in [2.75, 3.05) is 0 Å². The second-order valence-corrected chi connectivity index (χ2v) is 6.25. The van der Waals surface area contributed by atoms with Crippen molar-refractivity contribution in [3.63, 3.8) is 0 Å². The Balaban J connectivity index is 1.73. The number of carbonyl (C=O) groups is 1. The van der Waals surface area contributed by atoms with Crippen LogP contribution in [-0.4, -0.2) is 16.2 Å². The van der Waals surface area contributed by atoms with E-state index in [1.165, 1.54) is 35.1 Å². The molecule has 1 aromatic heterocycles. The summed E-state index contributed by atoms with van der Waals surface area (Å²) in [6.07, 6.45) is 0.543. The van der Waals surface area contributed by atoms with Gasteiger partial charge in [-0.1, -0.05) is 29.8 Å². The number of aromatic nitrogens is 1. The van der Waals surface area contributed by atoms with Gasteiger partial charge in [-0.3, -0.25) is 14.9 Å². The summed E-state index contributed by atoms with van der Waals surface area (Å²) in [5.41, 5.74) is 2.94. The molecule has 0 saturated carbocycles. The molecule has 0 amide bonds. The number of hydrogen-bond acceptors (Lipinski definition) is 6. The number of ether oxygens (including phenoxy) is 1. The standard InChI is InChI=1S/C18H14N2O4S/c1-12-2-4-13(5-3-12)18-19-15(11-25-18)10-24-17-7-6-16(20(22)23)8-14(17)9-21/h2-9,11H,10H2,1H3. The average Bonchev–Trinajstić information content (AvgIpc) is 3.09. The van der Waals surface area contributed by atoms with Gasteiger partial charge >= 0.3 is 0 Å². The molecule has 0 N–H and O–H groups in total. The van der Waals surface area contributed by atoms with Gasteiger partial charge in [0.05, 0.1) is 16.2 Å². The molecule has 126 valence electrons. The van der Waals surface area contributed by atoms with Crippen molar-refractivity contribution in [2.24, 2.45) is 0 Å². The number of nitro groups is 1. The highest BCUT2D eigenvalue weighted by Crippen LogP contribution is 2.26. The average molecular weight is 354 g/mol. The van der Waals surface area contributed by atoms with Crippen molar-refractivity contribution in [2.45, 2.75) is 13.5 Å². The van der Waals surface area contributed by atoms with Gasteiger partial charge in [-0.2, -0.15) is 0 Å². The number of thiazole rings is 1. The molecule has 6 nitrogen and oxygen atoms in total. The maximum absolute atomic E-state index is 11.1. The molecule has 0 spiro atoms. The predicted molar refractivity (Wildman–Crippen MR) is 95.1 cm³/mol. The molecule has 0 radical (unpaired) electrons. The summed E-state index contributed by atoms with van der Waals surface area (Å²) in [7, 11) is 0. The van der Waals surface area contributed by atoms with Crippen molar-refractivity contribution in [1.82, 2.24) is 4.98 Å². The third-order valence-electron chi connectivity index (χ3n) is 3.56. The Bertz CT molecular complexity index is 919. The Hall–Kier alpha value is -3.06. The minimum absolute atomic E-state index is 0.142. The van der Waals surface area contributed by atoms with E-state index in [2.05, 4.69) is 4.98 Å². The van der Waals surface area contributed by atoms with Gasteiger partial charge in [-0.25, -0.2) is 4.98 Å². The van der Waals surface area contributed by atoms with Gasteiger partial charge in [-0.05, 0) is 13.0 Å². The lowest BCUT2D eigenvalue weighted by atomic mass is 10.2. The largest absolute Gasteiger partial charge is 0.487 e. The first kappa shape index (κ1) is 16.8. The zero-order valence-corrected chi connectivity index (χ0v) is 14.2. The number of non-ortho nitro benzene ring substituents is 1. The summed E-state index contributed by atoms with van der Waals surface area (Å²) in [5, 5.41) is 13.5. The molecule has 7 heteroatoms. The van der Waals surface area contributed by atoms with Crippen LogP contribution in [0.15, 0.2) is 47.8 Å². The van der Waals surface area contributed by atoms with Crippen LogP contribution < -0.4 is 4.74 Å². The number of rotatable bonds is 6. The summed E-state index contributed by atoms with van der Waals surface area (Å²) in [6, 6.07) is 12.0. The Morgan fingerprint density at radius 1 is 1.24 bits per heavy atom. The maximum Gasteiger partial charge on any atom is 0.270 e. The number of aldehydes is 1. The Morgan fingerprint density at radius 2 is 2.00 bits per heavy atom. The third kappa shape index (κ3) is 3.89. The van der Waals surface area contributed by atoms with E-state index in [0.717, 1.165) is 16.3 Å². The number of carbonyl (C=O) groups excluding carboxylic acids is 1. The van der Waals surface area contributed by atoms with Gasteiger partial charge in [0.25, 0.3) is 5.69 Å². The van der Waals surface area contributed by atoms with Crippen LogP contribution in [0.4, 0.5) is 5.69 Å². The normalized spacial score (nSPS) is 10.4. The van der Waals surface area contributed by atoms with E-state index in [9.17, 15) is 14.9 Å². The van der Waals surface area contributed by atoms with Crippen LogP contribution in [0.1, 0.15) is 21.6 Å². The second-order valence-electron chi connectivity index (χ2n) is 5.40. The molecule has 0 atom stereocenters. The molecule has 2 aromatic carbocycles. The van der Waals surface area contributed by atoms with E-state index in [4.69, 9.17) is 4.74 Å². The van der Waals surface area contributed by atoms with E-state index in [-0.39, 0.29) is 17.9 Å². The Kier molecular flexibility index (Phi) is 4.85. The van der Waals surface area contributed by atoms with Gasteiger partial charge in [-0.15, -0.1) is 11.3 Å². The summed E-state index contributed by atoms with van der Waals surface area (Å²) in [5.74, 6) is 0.297. The number of benzene rings is 2. The van der Waals surface area contributed by atoms with Gasteiger partial charge < -0.3 is 4.74 Å². The van der Waals surface area contributed by atoms with E-state index in [1.807, 2.05) is 36.6 Å². The SMILES string of the molecule is Cc1ccc(-c2nc(COc3ccc([N+](=O)[O-])cc3C=O)cs2)cc1. The summed E-state index contributed by atoms with van der Waals surface area (Å²) >= 11 is 1.51. The van der Waals surface area contributed by atoms with Gasteiger partial charge in [0, 0.05) is 23.1 Å². The van der Waals surface area contributed by atoms with Crippen LogP contribution in [0.5, 0.6) is 5.75 Å². The van der Waals surface area contributed by atoms with Crippen LogP contribution >= 0.6 is 11.3 Å². The van der Waals surface area contributed by atoms with Gasteiger partial charge in [0.1, 0.15) is 17.4 Å². The van der Waals surface area contributed by atoms with Crippen molar-refractivity contribution < 1.29 is 14.5 Å². The van der Waals surface area contributed by atoms with E-state index >= 15 is 0 Å². The van der Waals surface area contributed by atoms with Crippen LogP contribution in [0.2, 0.25) is 0 Å². The highest BCUT2D eigenvalue weighted by Gasteiger charge is 2.12. The molecular formula is C18H14N2O4S. The highest BCUT2D eigenvalue weighted by atomic mass is 32.1. The van der Waals surface area contributed by atoms with Crippen molar-refractivity contribution >= 4 is 23.3 Å². The topological polar surface area (TPSA) is 82.3 Å². The van der Waals surface area contributed by atoms with Crippen LogP contribution in [0.25, 0.3) is 10.6 Å². The molecule has 0 fully saturated rings. The number of aryl methyl sites for hydroxylation is 1. The van der Waals surface area contributed by atoms with Gasteiger partial charge in [0.15, 0.2) is 6.29 Å². The van der Waals surface area contributed by atoms with E-state index in [0.29, 0.717) is 12.0 Å². The summed E-state index contributed by atoms with van der Waals surface area (Å²) in [4.78, 5) is 25.8. The zero-order chi connectivity index (χ0) is 17.8. The Morgan fingerprint density at radius 3 is 2.68 bits per heavy atom. The zero-order valence-electron chi connectivity index (χ0n) is 13.3. The van der Waals surface area contributed by atoms with Crippen molar-refractivity contribution in [1.29, 1.82) is 0 Å². The lowest BCUT2D eigenvalue weighted by Crippen LogP contribution is -1.99. The quantitative estimate of drug-likeness (QED) is 0.372. The third-order valence-corrected chi connectivity index (χ3v) is 4.50. The van der Waals surface area contributed by atoms with Crippen LogP contribution in [0.3, 0.4) is 0 Å². The Labute approximate surface area is 147 Å². The molecule has 0 aliphatic heterocycles. The van der Waals surface area contributed by atoms with E-state index in [1.54, 1.807) is 0 Å². The fourth-order valence-electron chi connectivity index (χ4n) is 2.23. The highest BCUT2D eigenvalue weighted by molar-refractivity contribution is 7.13. The lowest BCUT2D eigenvalue weighted by Gasteiger charge is -2.06. The molecule has 0 saturated heterocycles. The summed E-state index contributed by atoms with van der Waals surface area (Å²) in [6.45, 7) is 2.21. The van der Waals surface area contributed by atoms with Crippen LogP contribution in [-0.2, 0) is 6.61 Å². The molecular weight excluding hydrogens is 340 g/mol. The first-order valence-electron chi connectivity index (χ1n) is 7.44. The smallest absolute Gasteiger partial charge is 0.270 e. The second kappa shape index (κ2) is 7.23. The van der Waals surface area contributed by atoms with Gasteiger partial charge in [0.2, 0.25) is 0 Å². The molecule has 0 aliphatic rings. The lowest BCUT2D eigenvalue weighted by molar-refractivity contribution is -0.384. The number of nitrogens with zero attached hydrogens (tertiary/aromatic N) is 2. The first-order valence-corrected chi connectivity index (χ1v) is 8.32. The van der Waals surface area contributed by atoms with Crippen molar-refractivity contribution in [3.8, 4) is 16.3 Å². The first-order chi connectivity index (χ1) is 12.1. The predicted octanol–water partition coefficient (Wildman–Crippen LogP) is 4.42. The molecule has 0 bridgehead atoms. The molecule has 3 aromatic rings. The summed E-state index contributed by atoms with van der Waals surface area (Å²) < 4.78 is 5.61. The van der Waals surface area contributed by atoms with Crippen LogP contribution in [0, 0.1) is 17.0 Å². The molecule has 1 heterocycles. The number of nitro benzene ring substituents is 1. The van der Waals surface area contributed by atoms with Crippen molar-refractivity contribution in [3.05, 3.63) is 74.8 Å². The minimum Gasteiger partial charge on any atom is -0.487 e. The van der Waals surface area contributed by atoms with E-state index < -0.39 is 4.92 Å². The number of hydrogen-bond donors (Lipinski definition) is 0. The molecule has 3 rings (SSSR count). The molecule has 0 aliphatic carbocycles. The maximum atomic E-state index is 11.1. The molecule has 25 heavy (non-hydrogen) atoms. The fourth-order valence-corrected chi connectivity index (χ4v) is 3.04.